The highest BCUT2D eigenvalue weighted by Crippen LogP contribution is 2.45. The fourth-order valence-electron chi connectivity index (χ4n) is 2.07. The molecule has 0 amide bonds. The van der Waals surface area contributed by atoms with Crippen LogP contribution in [0.15, 0.2) is 0 Å². The van der Waals surface area contributed by atoms with Crippen molar-refractivity contribution in [2.45, 2.75) is 82.2 Å². The molecule has 31 heavy (non-hydrogen) atoms. The molecule has 0 atom stereocenters. The van der Waals surface area contributed by atoms with Crippen LogP contribution in [-0.4, -0.2) is 46.2 Å². The van der Waals surface area contributed by atoms with Crippen LogP contribution in [0, 0.1) is 0 Å². The molecule has 188 valence electrons. The van der Waals surface area contributed by atoms with Gasteiger partial charge in [0.2, 0.25) is 0 Å². The van der Waals surface area contributed by atoms with Crippen molar-refractivity contribution < 1.29 is 70.4 Å². The first-order chi connectivity index (χ1) is 13.7. The first-order valence-electron chi connectivity index (χ1n) is 8.68. The molecule has 0 rings (SSSR count). The van der Waals surface area contributed by atoms with Gasteiger partial charge in [-0.15, -0.1) is 0 Å². The summed E-state index contributed by atoms with van der Waals surface area (Å²) >= 11 is 0. The Balaban J connectivity index is 5.96. The van der Waals surface area contributed by atoms with Gasteiger partial charge >= 0.3 is 39.6 Å². The minimum atomic E-state index is -6.66. The molecule has 0 aromatic heterocycles. The van der Waals surface area contributed by atoms with Gasteiger partial charge in [0, 0.05) is 6.04 Å². The van der Waals surface area contributed by atoms with E-state index in [1.165, 1.54) is 0 Å². The van der Waals surface area contributed by atoms with Crippen molar-refractivity contribution in [2.24, 2.45) is 0 Å². The summed E-state index contributed by atoms with van der Waals surface area (Å²) in [6, 6.07) is -1.58. The van der Waals surface area contributed by atoms with Crippen LogP contribution < -0.4 is 0 Å². The monoisotopic (exact) mass is 510 g/mol. The summed E-state index contributed by atoms with van der Waals surface area (Å²) in [5.74, 6) is 0. The van der Waals surface area contributed by atoms with Gasteiger partial charge < -0.3 is 13.3 Å². The van der Waals surface area contributed by atoms with E-state index in [-0.39, 0.29) is 12.8 Å². The van der Waals surface area contributed by atoms with Crippen LogP contribution in [0.2, 0.25) is 6.04 Å². The standard InChI is InChI=1S/C14H19F13O3Si/c1-2-3-4-5-6-7-8-31(28-9-10(15,16)17,29-13(24,25)11(18,19)20)30-14(26,27)12(21,22)23/h2-9H2,1H3. The number of hydrogen-bond acceptors (Lipinski definition) is 3. The number of hydrogen-bond donors (Lipinski definition) is 0. The molecule has 0 aromatic carbocycles. The minimum absolute atomic E-state index is 0.119. The van der Waals surface area contributed by atoms with E-state index < -0.39 is 58.6 Å². The van der Waals surface area contributed by atoms with E-state index in [2.05, 4.69) is 13.3 Å². The molecule has 0 saturated carbocycles. The summed E-state index contributed by atoms with van der Waals surface area (Å²) in [6.07, 6.45) is -30.4. The quantitative estimate of drug-likeness (QED) is 0.149. The lowest BCUT2D eigenvalue weighted by Crippen LogP contribution is -2.60. The largest absolute Gasteiger partial charge is 0.510 e. The minimum Gasteiger partial charge on any atom is -0.364 e. The molecular weight excluding hydrogens is 491 g/mol. The molecule has 0 aromatic rings. The summed E-state index contributed by atoms with van der Waals surface area (Å²) in [5.41, 5.74) is 0. The van der Waals surface area contributed by atoms with Crippen LogP contribution in [0.3, 0.4) is 0 Å². The highest BCUT2D eigenvalue weighted by atomic mass is 28.4. The molecule has 0 fully saturated rings. The zero-order valence-corrected chi connectivity index (χ0v) is 16.8. The lowest BCUT2D eigenvalue weighted by molar-refractivity contribution is -0.400. The van der Waals surface area contributed by atoms with Crippen LogP contribution >= 0.6 is 0 Å². The summed E-state index contributed by atoms with van der Waals surface area (Å²) in [7, 11) is -6.62. The number of alkyl halides is 13. The van der Waals surface area contributed by atoms with Crippen LogP contribution in [0.25, 0.3) is 0 Å². The Kier molecular flexibility index (Phi) is 10.6. The predicted molar refractivity (Wildman–Crippen MR) is 80.1 cm³/mol. The second kappa shape index (κ2) is 10.9. The topological polar surface area (TPSA) is 27.7 Å². The van der Waals surface area contributed by atoms with Gasteiger partial charge in [-0.05, 0) is 6.42 Å². The lowest BCUT2D eigenvalue weighted by Gasteiger charge is -2.36. The highest BCUT2D eigenvalue weighted by Gasteiger charge is 2.70. The molecule has 0 unspecified atom stereocenters. The third-order valence-electron chi connectivity index (χ3n) is 3.52. The van der Waals surface area contributed by atoms with Crippen LogP contribution in [0.5, 0.6) is 0 Å². The zero-order valence-electron chi connectivity index (χ0n) is 15.8. The molecule has 0 radical (unpaired) electrons. The normalized spacial score (nSPS) is 14.9. The van der Waals surface area contributed by atoms with Gasteiger partial charge in [0.05, 0.1) is 0 Å². The molecule has 0 saturated heterocycles. The van der Waals surface area contributed by atoms with Crippen molar-refractivity contribution in [3.8, 4) is 0 Å². The van der Waals surface area contributed by atoms with Gasteiger partial charge in [0.15, 0.2) is 0 Å². The van der Waals surface area contributed by atoms with E-state index in [4.69, 9.17) is 0 Å². The molecule has 17 heteroatoms. The molecule has 0 aliphatic heterocycles. The molecule has 0 heterocycles. The van der Waals surface area contributed by atoms with Crippen molar-refractivity contribution in [3.05, 3.63) is 0 Å². The molecule has 0 N–H and O–H groups in total. The van der Waals surface area contributed by atoms with Crippen molar-refractivity contribution >= 4 is 8.80 Å². The van der Waals surface area contributed by atoms with Crippen molar-refractivity contribution in [2.75, 3.05) is 6.61 Å². The summed E-state index contributed by atoms with van der Waals surface area (Å²) < 4.78 is 175. The fraction of sp³-hybridized carbons (Fsp3) is 1.00. The number of rotatable bonds is 13. The van der Waals surface area contributed by atoms with E-state index in [1.54, 1.807) is 6.92 Å². The van der Waals surface area contributed by atoms with Gasteiger partial charge in [-0.3, -0.25) is 0 Å². The van der Waals surface area contributed by atoms with Crippen molar-refractivity contribution in [3.63, 3.8) is 0 Å². The summed E-state index contributed by atoms with van der Waals surface area (Å²) in [5, 5.41) is 0. The molecular formula is C14H19F13O3Si. The lowest BCUT2D eigenvalue weighted by atomic mass is 10.1. The number of halogens is 13. The van der Waals surface area contributed by atoms with Crippen LogP contribution in [0.1, 0.15) is 45.4 Å². The third kappa shape index (κ3) is 10.6. The molecule has 3 nitrogen and oxygen atoms in total. The van der Waals surface area contributed by atoms with E-state index in [0.29, 0.717) is 19.3 Å². The predicted octanol–water partition coefficient (Wildman–Crippen LogP) is 7.21. The summed E-state index contributed by atoms with van der Waals surface area (Å²) in [6.45, 7) is -0.972. The second-order valence-corrected chi connectivity index (χ2v) is 8.90. The third-order valence-corrected chi connectivity index (χ3v) is 6.20. The maximum Gasteiger partial charge on any atom is 0.510 e. The molecule has 0 aliphatic carbocycles. The SMILES string of the molecule is CCCCCCCC[Si](OCC(F)(F)F)(OC(F)(F)C(F)(F)F)OC(F)(F)C(F)(F)F. The first kappa shape index (κ1) is 30.2. The Morgan fingerprint density at radius 3 is 1.32 bits per heavy atom. The Morgan fingerprint density at radius 1 is 0.581 bits per heavy atom. The first-order valence-corrected chi connectivity index (χ1v) is 10.6. The Labute approximate surface area is 169 Å². The fourth-order valence-corrected chi connectivity index (χ4v) is 4.66. The van der Waals surface area contributed by atoms with E-state index in [1.807, 2.05) is 0 Å². The van der Waals surface area contributed by atoms with Gasteiger partial charge in [-0.1, -0.05) is 39.0 Å². The molecule has 0 aliphatic rings. The van der Waals surface area contributed by atoms with Crippen molar-refractivity contribution in [1.29, 1.82) is 0 Å². The maximum atomic E-state index is 13.3. The maximum absolute atomic E-state index is 13.3. The second-order valence-electron chi connectivity index (χ2n) is 6.34. The van der Waals surface area contributed by atoms with Crippen LogP contribution in [0.4, 0.5) is 57.1 Å². The van der Waals surface area contributed by atoms with Gasteiger partial charge in [-0.2, -0.15) is 57.1 Å². The van der Waals surface area contributed by atoms with Crippen molar-refractivity contribution in [1.82, 2.24) is 0 Å². The van der Waals surface area contributed by atoms with E-state index in [9.17, 15) is 57.1 Å². The highest BCUT2D eigenvalue weighted by molar-refractivity contribution is 6.60. The van der Waals surface area contributed by atoms with Crippen LogP contribution in [-0.2, 0) is 13.3 Å². The van der Waals surface area contributed by atoms with Gasteiger partial charge in [-0.25, -0.2) is 0 Å². The average Bonchev–Trinajstić information content (AvgIpc) is 2.53. The van der Waals surface area contributed by atoms with Gasteiger partial charge in [0.1, 0.15) is 6.61 Å². The smallest absolute Gasteiger partial charge is 0.364 e. The average molecular weight is 510 g/mol. The Hall–Kier alpha value is -0.813. The van der Waals surface area contributed by atoms with Gasteiger partial charge in [0.25, 0.3) is 0 Å². The molecule has 0 bridgehead atoms. The Morgan fingerprint density at radius 2 is 0.968 bits per heavy atom. The van der Waals surface area contributed by atoms with E-state index >= 15 is 0 Å². The Bertz CT molecular complexity index is 503. The number of unbranched alkanes of at least 4 members (excludes halogenated alkanes) is 5. The zero-order chi connectivity index (χ0) is 24.8. The molecule has 0 spiro atoms. The van der Waals surface area contributed by atoms with E-state index in [0.717, 1.165) is 0 Å². The summed E-state index contributed by atoms with van der Waals surface area (Å²) in [4.78, 5) is 0.